The molecule has 1 fully saturated rings. The SMILES string of the molecule is CC(C)(C)C(CCN)CCC(=O)NC1CCS(=O)(=O)CC1. The maximum Gasteiger partial charge on any atom is 0.220 e. The highest BCUT2D eigenvalue weighted by atomic mass is 32.2. The highest BCUT2D eigenvalue weighted by Gasteiger charge is 2.27. The molecule has 0 bridgehead atoms. The molecule has 0 aromatic rings. The highest BCUT2D eigenvalue weighted by molar-refractivity contribution is 7.91. The minimum atomic E-state index is -2.87. The molecule has 5 nitrogen and oxygen atoms in total. The number of amides is 1. The maximum absolute atomic E-state index is 12.0. The number of nitrogens with one attached hydrogen (secondary N) is 1. The summed E-state index contributed by atoms with van der Waals surface area (Å²) in [6.45, 7) is 7.18. The van der Waals surface area contributed by atoms with Gasteiger partial charge in [0.05, 0.1) is 11.5 Å². The first-order chi connectivity index (χ1) is 9.64. The van der Waals surface area contributed by atoms with Gasteiger partial charge in [0.2, 0.25) is 5.91 Å². The monoisotopic (exact) mass is 318 g/mol. The predicted octanol–water partition coefficient (Wildman–Crippen LogP) is 1.47. The zero-order chi connectivity index (χ0) is 16.1. The molecule has 1 heterocycles. The van der Waals surface area contributed by atoms with Gasteiger partial charge in [0, 0.05) is 12.5 Å². The summed E-state index contributed by atoms with van der Waals surface area (Å²) in [5.41, 5.74) is 5.80. The van der Waals surface area contributed by atoms with Crippen molar-refractivity contribution in [3.63, 3.8) is 0 Å². The molecule has 0 saturated carbocycles. The summed E-state index contributed by atoms with van der Waals surface area (Å²) in [5.74, 6) is 0.844. The Hall–Kier alpha value is -0.620. The second-order valence-electron chi connectivity index (χ2n) is 7.17. The van der Waals surface area contributed by atoms with E-state index < -0.39 is 9.84 Å². The summed E-state index contributed by atoms with van der Waals surface area (Å²) in [7, 11) is -2.87. The third kappa shape index (κ3) is 6.78. The number of hydrogen-bond acceptors (Lipinski definition) is 4. The molecule has 0 aromatic carbocycles. The van der Waals surface area contributed by atoms with E-state index in [1.54, 1.807) is 0 Å². The number of hydrogen-bond donors (Lipinski definition) is 2. The van der Waals surface area contributed by atoms with Crippen molar-refractivity contribution >= 4 is 15.7 Å². The molecule has 1 aliphatic rings. The highest BCUT2D eigenvalue weighted by Crippen LogP contribution is 2.32. The number of carbonyl (C=O) groups is 1. The summed E-state index contributed by atoms with van der Waals surface area (Å²) in [4.78, 5) is 12.0. The van der Waals surface area contributed by atoms with Gasteiger partial charge < -0.3 is 11.1 Å². The third-order valence-corrected chi connectivity index (χ3v) is 6.09. The van der Waals surface area contributed by atoms with Gasteiger partial charge in [-0.25, -0.2) is 8.42 Å². The number of nitrogens with two attached hydrogens (primary N) is 1. The molecule has 0 spiro atoms. The van der Waals surface area contributed by atoms with E-state index in [-0.39, 0.29) is 28.9 Å². The molecule has 3 N–H and O–H groups in total. The zero-order valence-corrected chi connectivity index (χ0v) is 14.3. The van der Waals surface area contributed by atoms with E-state index in [0.717, 1.165) is 12.8 Å². The van der Waals surface area contributed by atoms with Gasteiger partial charge in [0.15, 0.2) is 0 Å². The Morgan fingerprint density at radius 1 is 1.24 bits per heavy atom. The van der Waals surface area contributed by atoms with Crippen LogP contribution >= 0.6 is 0 Å². The van der Waals surface area contributed by atoms with Crippen molar-refractivity contribution < 1.29 is 13.2 Å². The topological polar surface area (TPSA) is 89.3 Å². The maximum atomic E-state index is 12.0. The van der Waals surface area contributed by atoms with Crippen molar-refractivity contribution in [1.29, 1.82) is 0 Å². The standard InChI is InChI=1S/C15H30N2O3S/c1-15(2,3)12(6-9-16)4-5-14(18)17-13-7-10-21(19,20)11-8-13/h12-13H,4-11,16H2,1-3H3,(H,17,18). The smallest absolute Gasteiger partial charge is 0.220 e. The first-order valence-electron chi connectivity index (χ1n) is 7.84. The Morgan fingerprint density at radius 2 is 1.81 bits per heavy atom. The van der Waals surface area contributed by atoms with Crippen LogP contribution < -0.4 is 11.1 Å². The molecule has 6 heteroatoms. The first kappa shape index (κ1) is 18.4. The molecular weight excluding hydrogens is 288 g/mol. The van der Waals surface area contributed by atoms with Crippen molar-refractivity contribution in [2.75, 3.05) is 18.1 Å². The van der Waals surface area contributed by atoms with Crippen LogP contribution in [0.3, 0.4) is 0 Å². The number of carbonyl (C=O) groups excluding carboxylic acids is 1. The largest absolute Gasteiger partial charge is 0.353 e. The lowest BCUT2D eigenvalue weighted by molar-refractivity contribution is -0.122. The predicted molar refractivity (Wildman–Crippen MR) is 85.7 cm³/mol. The molecule has 1 amide bonds. The van der Waals surface area contributed by atoms with Crippen LogP contribution in [0.25, 0.3) is 0 Å². The Morgan fingerprint density at radius 3 is 2.29 bits per heavy atom. The lowest BCUT2D eigenvalue weighted by Gasteiger charge is -2.30. The summed E-state index contributed by atoms with van der Waals surface area (Å²) >= 11 is 0. The van der Waals surface area contributed by atoms with Crippen LogP contribution in [-0.2, 0) is 14.6 Å². The molecule has 1 aliphatic heterocycles. The van der Waals surface area contributed by atoms with Crippen LogP contribution in [0.5, 0.6) is 0 Å². The van der Waals surface area contributed by atoms with Gasteiger partial charge in [0.1, 0.15) is 9.84 Å². The van der Waals surface area contributed by atoms with Crippen LogP contribution in [0.15, 0.2) is 0 Å². The zero-order valence-electron chi connectivity index (χ0n) is 13.5. The fourth-order valence-electron chi connectivity index (χ4n) is 2.85. The Labute approximate surface area is 129 Å². The Bertz CT molecular complexity index is 426. The minimum absolute atomic E-state index is 0.0172. The summed E-state index contributed by atoms with van der Waals surface area (Å²) in [5, 5.41) is 2.97. The summed E-state index contributed by atoms with van der Waals surface area (Å²) in [6.07, 6.45) is 3.33. The van der Waals surface area contributed by atoms with Gasteiger partial charge in [-0.05, 0) is 43.6 Å². The lowest BCUT2D eigenvalue weighted by atomic mass is 9.76. The molecule has 21 heavy (non-hydrogen) atoms. The lowest BCUT2D eigenvalue weighted by Crippen LogP contribution is -2.41. The average Bonchev–Trinajstić information content (AvgIpc) is 2.35. The van der Waals surface area contributed by atoms with Gasteiger partial charge in [-0.15, -0.1) is 0 Å². The van der Waals surface area contributed by atoms with Crippen LogP contribution in [0, 0.1) is 11.3 Å². The fourth-order valence-corrected chi connectivity index (χ4v) is 4.34. The molecule has 1 unspecified atom stereocenters. The molecule has 0 aliphatic carbocycles. The van der Waals surface area contributed by atoms with Crippen molar-refractivity contribution in [2.24, 2.45) is 17.1 Å². The van der Waals surface area contributed by atoms with E-state index in [1.807, 2.05) is 0 Å². The molecule has 1 atom stereocenters. The van der Waals surface area contributed by atoms with Crippen LogP contribution in [0.1, 0.15) is 52.9 Å². The van der Waals surface area contributed by atoms with Crippen LogP contribution in [-0.4, -0.2) is 38.4 Å². The van der Waals surface area contributed by atoms with Gasteiger partial charge in [-0.3, -0.25) is 4.79 Å². The molecule has 1 saturated heterocycles. The van der Waals surface area contributed by atoms with Crippen molar-refractivity contribution in [3.8, 4) is 0 Å². The number of rotatable bonds is 6. The molecule has 0 radical (unpaired) electrons. The van der Waals surface area contributed by atoms with Crippen molar-refractivity contribution in [2.45, 2.75) is 58.9 Å². The van der Waals surface area contributed by atoms with Gasteiger partial charge in [-0.1, -0.05) is 20.8 Å². The van der Waals surface area contributed by atoms with Crippen molar-refractivity contribution in [1.82, 2.24) is 5.32 Å². The quantitative estimate of drug-likeness (QED) is 0.776. The van der Waals surface area contributed by atoms with E-state index in [9.17, 15) is 13.2 Å². The second kappa shape index (κ2) is 7.58. The number of sulfone groups is 1. The molecule has 124 valence electrons. The van der Waals surface area contributed by atoms with Gasteiger partial charge >= 0.3 is 0 Å². The van der Waals surface area contributed by atoms with E-state index in [2.05, 4.69) is 26.1 Å². The average molecular weight is 318 g/mol. The first-order valence-corrected chi connectivity index (χ1v) is 9.66. The summed E-state index contributed by atoms with van der Waals surface area (Å²) < 4.78 is 22.7. The Kier molecular flexibility index (Phi) is 6.66. The second-order valence-corrected chi connectivity index (χ2v) is 9.48. The van der Waals surface area contributed by atoms with E-state index in [1.165, 1.54) is 0 Å². The van der Waals surface area contributed by atoms with Crippen molar-refractivity contribution in [3.05, 3.63) is 0 Å². The van der Waals surface area contributed by atoms with Gasteiger partial charge in [-0.2, -0.15) is 0 Å². The fraction of sp³-hybridized carbons (Fsp3) is 0.933. The van der Waals surface area contributed by atoms with Crippen LogP contribution in [0.4, 0.5) is 0 Å². The van der Waals surface area contributed by atoms with E-state index in [4.69, 9.17) is 5.73 Å². The van der Waals surface area contributed by atoms with Gasteiger partial charge in [0.25, 0.3) is 0 Å². The summed E-state index contributed by atoms with van der Waals surface area (Å²) in [6, 6.07) is 0.0172. The normalized spacial score (nSPS) is 21.0. The molecular formula is C15H30N2O3S. The molecule has 1 rings (SSSR count). The van der Waals surface area contributed by atoms with Crippen LogP contribution in [0.2, 0.25) is 0 Å². The Balaban J connectivity index is 2.37. The molecule has 0 aromatic heterocycles. The third-order valence-electron chi connectivity index (χ3n) is 4.38. The minimum Gasteiger partial charge on any atom is -0.353 e. The van der Waals surface area contributed by atoms with E-state index in [0.29, 0.717) is 31.7 Å². The van der Waals surface area contributed by atoms with E-state index >= 15 is 0 Å².